The molecule has 262 valence electrons. The van der Waals surface area contributed by atoms with Gasteiger partial charge in [-0.3, -0.25) is 19.1 Å². The fraction of sp³-hybridized carbons (Fsp3) is 0.541. The van der Waals surface area contributed by atoms with Crippen molar-refractivity contribution in [2.75, 3.05) is 26.4 Å². The predicted molar refractivity (Wildman–Crippen MR) is 188 cm³/mol. The van der Waals surface area contributed by atoms with E-state index >= 15 is 0 Å². The molecule has 0 amide bonds. The minimum atomic E-state index is -3.08. The molecule has 1 fully saturated rings. The molecule has 48 heavy (non-hydrogen) atoms. The molecule has 4 atom stereocenters. The lowest BCUT2D eigenvalue weighted by molar-refractivity contribution is -0.169. The van der Waals surface area contributed by atoms with Crippen LogP contribution >= 0.6 is 0 Å². The molecule has 3 aromatic rings. The number of unbranched alkanes of at least 4 members (excludes halogenated alkanes) is 2. The highest BCUT2D eigenvalue weighted by atomic mass is 28.4. The topological polar surface area (TPSA) is 118 Å². The summed E-state index contributed by atoms with van der Waals surface area (Å²) in [4.78, 5) is 40.7. The fourth-order valence-electron chi connectivity index (χ4n) is 6.48. The van der Waals surface area contributed by atoms with Crippen molar-refractivity contribution in [2.45, 2.75) is 103 Å². The van der Waals surface area contributed by atoms with Gasteiger partial charge in [-0.2, -0.15) is 0 Å². The van der Waals surface area contributed by atoms with E-state index in [1.807, 2.05) is 36.4 Å². The Balaban J connectivity index is 1.92. The van der Waals surface area contributed by atoms with Crippen LogP contribution in [0.15, 0.2) is 76.4 Å². The third kappa shape index (κ3) is 8.09. The third-order valence-electron chi connectivity index (χ3n) is 8.91. The van der Waals surface area contributed by atoms with Gasteiger partial charge >= 0.3 is 11.7 Å². The summed E-state index contributed by atoms with van der Waals surface area (Å²) in [6, 6.07) is 20.6. The van der Waals surface area contributed by atoms with Crippen LogP contribution in [-0.2, 0) is 28.2 Å². The second kappa shape index (κ2) is 16.4. The highest BCUT2D eigenvalue weighted by Gasteiger charge is 2.61. The normalized spacial score (nSPS) is 21.4. The largest absolute Gasteiger partial charge is 0.455 e. The molecule has 0 aliphatic carbocycles. The highest BCUT2D eigenvalue weighted by molar-refractivity contribution is 6.99. The zero-order valence-corrected chi connectivity index (χ0v) is 30.5. The van der Waals surface area contributed by atoms with Crippen molar-refractivity contribution < 1.29 is 28.2 Å². The molecule has 2 heterocycles. The van der Waals surface area contributed by atoms with E-state index in [9.17, 15) is 14.4 Å². The number of aromatic nitrogens is 2. The second-order valence-electron chi connectivity index (χ2n) is 13.6. The fourth-order valence-corrected chi connectivity index (χ4v) is 11.1. The zero-order valence-electron chi connectivity index (χ0n) is 29.5. The van der Waals surface area contributed by atoms with Crippen LogP contribution in [-0.4, -0.2) is 68.1 Å². The van der Waals surface area contributed by atoms with Crippen molar-refractivity contribution in [3.05, 3.63) is 93.3 Å². The number of nitrogens with zero attached hydrogens (tertiary/aromatic N) is 1. The number of ether oxygens (including phenoxy) is 4. The Morgan fingerprint density at radius 1 is 0.938 bits per heavy atom. The maximum atomic E-state index is 13.3. The Morgan fingerprint density at radius 3 is 2.06 bits per heavy atom. The minimum absolute atomic E-state index is 0.0224. The summed E-state index contributed by atoms with van der Waals surface area (Å²) in [6.45, 7) is 14.6. The molecule has 1 N–H and O–H groups in total. The standard InChI is InChI=1S/C37H52N2O8Si/c1-8-10-22-43-25-37(26-45-48(36(5,6)7,29-18-14-12-15-19-29)30-20-16-13-17-21-30)32(44-23-11-9-2)31(46-28(4)40)34(47-37)39-24-27(3)33(41)38-35(39)42/h12-21,24,31-32,34H,8-11,22-23,25-26H2,1-7H3,(H,38,41,42)/t31?,32?,34-,37+/m1/s1. The minimum Gasteiger partial charge on any atom is -0.455 e. The van der Waals surface area contributed by atoms with Crippen LogP contribution in [0.2, 0.25) is 5.04 Å². The van der Waals surface area contributed by atoms with Gasteiger partial charge < -0.3 is 23.4 Å². The monoisotopic (exact) mass is 680 g/mol. The second-order valence-corrected chi connectivity index (χ2v) is 17.9. The van der Waals surface area contributed by atoms with Crippen LogP contribution in [0, 0.1) is 6.92 Å². The Kier molecular flexibility index (Phi) is 12.8. The van der Waals surface area contributed by atoms with E-state index < -0.39 is 49.6 Å². The van der Waals surface area contributed by atoms with Gasteiger partial charge in [-0.25, -0.2) is 4.79 Å². The van der Waals surface area contributed by atoms with Crippen LogP contribution in [0.25, 0.3) is 0 Å². The summed E-state index contributed by atoms with van der Waals surface area (Å²) in [7, 11) is -3.08. The number of H-pyrrole nitrogens is 1. The number of rotatable bonds is 16. The molecule has 2 aromatic carbocycles. The van der Waals surface area contributed by atoms with E-state index in [0.29, 0.717) is 18.8 Å². The number of hydrogen-bond acceptors (Lipinski definition) is 8. The van der Waals surface area contributed by atoms with Crippen LogP contribution in [0.5, 0.6) is 0 Å². The van der Waals surface area contributed by atoms with Crippen molar-refractivity contribution in [1.82, 2.24) is 9.55 Å². The van der Waals surface area contributed by atoms with Crippen molar-refractivity contribution in [3.63, 3.8) is 0 Å². The van der Waals surface area contributed by atoms with Gasteiger partial charge in [-0.1, -0.05) is 108 Å². The lowest BCUT2D eigenvalue weighted by Crippen LogP contribution is -2.68. The molecule has 1 aliphatic heterocycles. The number of esters is 1. The number of benzene rings is 2. The molecular formula is C37H52N2O8Si. The van der Waals surface area contributed by atoms with Crippen molar-refractivity contribution in [2.24, 2.45) is 0 Å². The molecule has 0 radical (unpaired) electrons. The average Bonchev–Trinajstić information content (AvgIpc) is 3.33. The number of aryl methyl sites for hydroxylation is 1. The van der Waals surface area contributed by atoms with Crippen molar-refractivity contribution >= 4 is 24.7 Å². The molecular weight excluding hydrogens is 628 g/mol. The first-order valence-electron chi connectivity index (χ1n) is 17.0. The quantitative estimate of drug-likeness (QED) is 0.132. The molecule has 0 saturated carbocycles. The first kappa shape index (κ1) is 37.5. The summed E-state index contributed by atoms with van der Waals surface area (Å²) in [6.07, 6.45) is 1.82. The van der Waals surface area contributed by atoms with E-state index in [4.69, 9.17) is 23.4 Å². The summed E-state index contributed by atoms with van der Waals surface area (Å²) < 4.78 is 34.5. The number of hydrogen-bond donors (Lipinski definition) is 1. The molecule has 2 unspecified atom stereocenters. The summed E-state index contributed by atoms with van der Waals surface area (Å²) >= 11 is 0. The van der Waals surface area contributed by atoms with Crippen molar-refractivity contribution in [3.8, 4) is 0 Å². The zero-order chi connectivity index (χ0) is 35.0. The first-order chi connectivity index (χ1) is 22.9. The van der Waals surface area contributed by atoms with E-state index in [0.717, 1.165) is 36.1 Å². The number of carbonyl (C=O) groups excluding carboxylic acids is 1. The molecule has 10 nitrogen and oxygen atoms in total. The summed E-state index contributed by atoms with van der Waals surface area (Å²) in [5.41, 5.74) is -2.18. The van der Waals surface area contributed by atoms with Gasteiger partial charge in [0, 0.05) is 31.9 Å². The molecule has 0 spiro atoms. The molecule has 11 heteroatoms. The lowest BCUT2D eigenvalue weighted by Gasteiger charge is -2.45. The number of nitrogens with one attached hydrogen (secondary N) is 1. The van der Waals surface area contributed by atoms with E-state index in [1.54, 1.807) is 6.92 Å². The van der Waals surface area contributed by atoms with Gasteiger partial charge in [0.2, 0.25) is 0 Å². The Morgan fingerprint density at radius 2 is 1.52 bits per heavy atom. The maximum absolute atomic E-state index is 13.3. The molecule has 4 rings (SSSR count). The van der Waals surface area contributed by atoms with E-state index in [2.05, 4.69) is 63.9 Å². The van der Waals surface area contributed by atoms with Gasteiger partial charge in [0.05, 0.1) is 13.2 Å². The Hall–Kier alpha value is -3.35. The van der Waals surface area contributed by atoms with Gasteiger partial charge in [-0.05, 0) is 35.2 Å². The Bertz CT molecular complexity index is 1550. The van der Waals surface area contributed by atoms with Gasteiger partial charge in [0.1, 0.15) is 11.7 Å². The van der Waals surface area contributed by atoms with Crippen molar-refractivity contribution in [1.29, 1.82) is 0 Å². The molecule has 1 saturated heterocycles. The lowest BCUT2D eigenvalue weighted by atomic mass is 9.96. The molecule has 0 bridgehead atoms. The Labute approximate surface area is 284 Å². The first-order valence-corrected chi connectivity index (χ1v) is 18.9. The number of carbonyl (C=O) groups is 1. The predicted octanol–water partition coefficient (Wildman–Crippen LogP) is 4.62. The van der Waals surface area contributed by atoms with Crippen LogP contribution < -0.4 is 21.6 Å². The van der Waals surface area contributed by atoms with E-state index in [1.165, 1.54) is 17.7 Å². The van der Waals surface area contributed by atoms with Gasteiger partial charge in [0.15, 0.2) is 12.3 Å². The highest BCUT2D eigenvalue weighted by Crippen LogP contribution is 2.44. The molecule has 1 aliphatic rings. The van der Waals surface area contributed by atoms with Gasteiger partial charge in [-0.15, -0.1) is 0 Å². The molecule has 1 aromatic heterocycles. The maximum Gasteiger partial charge on any atom is 0.330 e. The average molecular weight is 681 g/mol. The van der Waals surface area contributed by atoms with E-state index in [-0.39, 0.29) is 18.3 Å². The third-order valence-corrected chi connectivity index (χ3v) is 13.9. The smallest absolute Gasteiger partial charge is 0.330 e. The van der Waals surface area contributed by atoms with Gasteiger partial charge in [0.25, 0.3) is 13.9 Å². The SMILES string of the molecule is CCCCOC[C@@]1(CO[Si](c2ccccc2)(c2ccccc2)C(C)(C)C)O[C@@H](n2cc(C)c(=O)[nH]c2=O)C(OC(C)=O)C1OCCCC. The summed E-state index contributed by atoms with van der Waals surface area (Å²) in [5.74, 6) is -0.553. The van der Waals surface area contributed by atoms with Crippen LogP contribution in [0.3, 0.4) is 0 Å². The summed E-state index contributed by atoms with van der Waals surface area (Å²) in [5, 5.41) is 1.85. The van der Waals surface area contributed by atoms with Crippen LogP contribution in [0.1, 0.15) is 79.0 Å². The van der Waals surface area contributed by atoms with Crippen LogP contribution in [0.4, 0.5) is 0 Å². The number of aromatic amines is 1.